The minimum absolute atomic E-state index is 0.0631. The number of anilines is 1. The Hall–Kier alpha value is -2.13. The van der Waals surface area contributed by atoms with E-state index in [-0.39, 0.29) is 11.7 Å². The molecule has 2 N–H and O–H groups in total. The molecule has 0 spiro atoms. The molecule has 0 saturated carbocycles. The molecule has 0 radical (unpaired) electrons. The Bertz CT molecular complexity index is 513. The van der Waals surface area contributed by atoms with Gasteiger partial charge in [0.05, 0.1) is 16.2 Å². The first-order valence-electron chi connectivity index (χ1n) is 5.72. The van der Waals surface area contributed by atoms with Gasteiger partial charge in [0, 0.05) is 31.3 Å². The summed E-state index contributed by atoms with van der Waals surface area (Å²) in [6, 6.07) is 6.44. The van der Waals surface area contributed by atoms with E-state index >= 15 is 0 Å². The highest BCUT2D eigenvalue weighted by molar-refractivity contribution is 5.63. The molecule has 1 heterocycles. The lowest BCUT2D eigenvalue weighted by Gasteiger charge is -2.19. The molecule has 1 aliphatic heterocycles. The molecule has 1 fully saturated rings. The van der Waals surface area contributed by atoms with Crippen molar-refractivity contribution < 1.29 is 4.92 Å². The molecule has 1 aliphatic rings. The standard InChI is InChI=1S/C12H14N4O2/c1-8-6-15(7-11(8)14)12-3-2-10(16(17)18)4-9(12)5-13/h2-4,8,11H,6-7,14H2,1H3. The van der Waals surface area contributed by atoms with E-state index in [1.807, 2.05) is 11.0 Å². The van der Waals surface area contributed by atoms with Crippen LogP contribution in [0.2, 0.25) is 0 Å². The quantitative estimate of drug-likeness (QED) is 0.625. The second-order valence-corrected chi connectivity index (χ2v) is 4.62. The average molecular weight is 246 g/mol. The van der Waals surface area contributed by atoms with Gasteiger partial charge in [0.1, 0.15) is 6.07 Å². The molecule has 1 aromatic rings. The van der Waals surface area contributed by atoms with E-state index in [0.29, 0.717) is 18.0 Å². The van der Waals surface area contributed by atoms with Crippen molar-refractivity contribution in [1.29, 1.82) is 5.26 Å². The van der Waals surface area contributed by atoms with Crippen LogP contribution in [0, 0.1) is 27.4 Å². The van der Waals surface area contributed by atoms with E-state index in [0.717, 1.165) is 12.2 Å². The summed E-state index contributed by atoms with van der Waals surface area (Å²) >= 11 is 0. The zero-order valence-corrected chi connectivity index (χ0v) is 10.0. The molecular formula is C12H14N4O2. The first-order valence-corrected chi connectivity index (χ1v) is 5.72. The summed E-state index contributed by atoms with van der Waals surface area (Å²) in [6.45, 7) is 3.50. The molecule has 6 nitrogen and oxygen atoms in total. The number of hydrogen-bond donors (Lipinski definition) is 1. The van der Waals surface area contributed by atoms with Gasteiger partial charge in [0.25, 0.3) is 5.69 Å². The van der Waals surface area contributed by atoms with Crippen molar-refractivity contribution in [3.05, 3.63) is 33.9 Å². The van der Waals surface area contributed by atoms with Gasteiger partial charge in [-0.05, 0) is 12.0 Å². The Morgan fingerprint density at radius 2 is 2.28 bits per heavy atom. The molecule has 1 aromatic carbocycles. The van der Waals surface area contributed by atoms with Crippen LogP contribution in [0.25, 0.3) is 0 Å². The van der Waals surface area contributed by atoms with Crippen LogP contribution in [0.5, 0.6) is 0 Å². The molecule has 0 aromatic heterocycles. The summed E-state index contributed by atoms with van der Waals surface area (Å²) in [4.78, 5) is 12.2. The molecule has 0 bridgehead atoms. The summed E-state index contributed by atoms with van der Waals surface area (Å²) in [5.41, 5.74) is 6.93. The van der Waals surface area contributed by atoms with Crippen LogP contribution in [0.3, 0.4) is 0 Å². The van der Waals surface area contributed by atoms with Crippen molar-refractivity contribution in [3.63, 3.8) is 0 Å². The predicted octanol–water partition coefficient (Wildman–Crippen LogP) is 1.25. The number of nitro groups is 1. The van der Waals surface area contributed by atoms with Crippen molar-refractivity contribution in [3.8, 4) is 6.07 Å². The predicted molar refractivity (Wildman–Crippen MR) is 67.2 cm³/mol. The van der Waals surface area contributed by atoms with Gasteiger partial charge in [-0.25, -0.2) is 0 Å². The second-order valence-electron chi connectivity index (χ2n) is 4.62. The molecule has 2 atom stereocenters. The number of hydrogen-bond acceptors (Lipinski definition) is 5. The lowest BCUT2D eigenvalue weighted by Crippen LogP contribution is -2.28. The van der Waals surface area contributed by atoms with Crippen LogP contribution >= 0.6 is 0 Å². The van der Waals surface area contributed by atoms with Crippen molar-refractivity contribution in [1.82, 2.24) is 0 Å². The highest BCUT2D eigenvalue weighted by Gasteiger charge is 2.28. The van der Waals surface area contributed by atoms with Crippen LogP contribution in [-0.2, 0) is 0 Å². The molecular weight excluding hydrogens is 232 g/mol. The number of non-ortho nitro benzene ring substituents is 1. The normalized spacial score (nSPS) is 22.8. The highest BCUT2D eigenvalue weighted by Crippen LogP contribution is 2.28. The maximum atomic E-state index is 10.7. The molecule has 6 heteroatoms. The van der Waals surface area contributed by atoms with Gasteiger partial charge < -0.3 is 10.6 Å². The van der Waals surface area contributed by atoms with Gasteiger partial charge in [-0.2, -0.15) is 5.26 Å². The monoisotopic (exact) mass is 246 g/mol. The number of nitrogens with zero attached hydrogens (tertiary/aromatic N) is 3. The molecule has 18 heavy (non-hydrogen) atoms. The van der Waals surface area contributed by atoms with E-state index in [9.17, 15) is 10.1 Å². The number of nitriles is 1. The Balaban J connectivity index is 2.35. The van der Waals surface area contributed by atoms with Gasteiger partial charge >= 0.3 is 0 Å². The fourth-order valence-corrected chi connectivity index (χ4v) is 2.19. The van der Waals surface area contributed by atoms with Crippen LogP contribution in [-0.4, -0.2) is 24.1 Å². The first kappa shape index (κ1) is 12.3. The fourth-order valence-electron chi connectivity index (χ4n) is 2.19. The molecule has 0 amide bonds. The van der Waals surface area contributed by atoms with Gasteiger partial charge in [-0.15, -0.1) is 0 Å². The van der Waals surface area contributed by atoms with Crippen LogP contribution in [0.15, 0.2) is 18.2 Å². The number of nitro benzene ring substituents is 1. The number of benzene rings is 1. The summed E-state index contributed by atoms with van der Waals surface area (Å²) in [5, 5.41) is 19.8. The molecule has 2 rings (SSSR count). The van der Waals surface area contributed by atoms with E-state index in [1.54, 1.807) is 6.07 Å². The average Bonchev–Trinajstić information content (AvgIpc) is 2.68. The van der Waals surface area contributed by atoms with E-state index in [2.05, 4.69) is 6.92 Å². The smallest absolute Gasteiger partial charge is 0.270 e. The Labute approximate surface area is 105 Å². The molecule has 0 aliphatic carbocycles. The van der Waals surface area contributed by atoms with Gasteiger partial charge in [0.2, 0.25) is 0 Å². The zero-order valence-electron chi connectivity index (χ0n) is 10.0. The topological polar surface area (TPSA) is 96.2 Å². The maximum Gasteiger partial charge on any atom is 0.270 e. The van der Waals surface area contributed by atoms with Crippen LogP contribution in [0.4, 0.5) is 11.4 Å². The number of rotatable bonds is 2. The lowest BCUT2D eigenvalue weighted by atomic mass is 10.1. The Morgan fingerprint density at radius 1 is 1.56 bits per heavy atom. The maximum absolute atomic E-state index is 10.7. The van der Waals surface area contributed by atoms with E-state index < -0.39 is 4.92 Å². The van der Waals surface area contributed by atoms with Crippen molar-refractivity contribution >= 4 is 11.4 Å². The van der Waals surface area contributed by atoms with Gasteiger partial charge in [-0.3, -0.25) is 10.1 Å². The fraction of sp³-hybridized carbons (Fsp3) is 0.417. The van der Waals surface area contributed by atoms with Crippen molar-refractivity contribution in [2.24, 2.45) is 11.7 Å². The molecule has 2 unspecified atom stereocenters. The third kappa shape index (κ3) is 2.13. The molecule has 94 valence electrons. The minimum Gasteiger partial charge on any atom is -0.369 e. The number of nitrogens with two attached hydrogens (primary N) is 1. The summed E-state index contributed by atoms with van der Waals surface area (Å²) in [5.74, 6) is 0.353. The van der Waals surface area contributed by atoms with Gasteiger partial charge in [0.15, 0.2) is 0 Å². The highest BCUT2D eigenvalue weighted by atomic mass is 16.6. The summed E-state index contributed by atoms with van der Waals surface area (Å²) in [7, 11) is 0. The van der Waals surface area contributed by atoms with E-state index in [1.165, 1.54) is 12.1 Å². The SMILES string of the molecule is CC1CN(c2ccc([N+](=O)[O-])cc2C#N)CC1N. The Morgan fingerprint density at radius 3 is 2.78 bits per heavy atom. The third-order valence-corrected chi connectivity index (χ3v) is 3.32. The van der Waals surface area contributed by atoms with E-state index in [4.69, 9.17) is 11.0 Å². The third-order valence-electron chi connectivity index (χ3n) is 3.32. The zero-order chi connectivity index (χ0) is 13.3. The lowest BCUT2D eigenvalue weighted by molar-refractivity contribution is -0.384. The van der Waals surface area contributed by atoms with Crippen molar-refractivity contribution in [2.45, 2.75) is 13.0 Å². The van der Waals surface area contributed by atoms with Crippen LogP contribution < -0.4 is 10.6 Å². The summed E-state index contributed by atoms with van der Waals surface area (Å²) < 4.78 is 0. The molecule has 1 saturated heterocycles. The largest absolute Gasteiger partial charge is 0.369 e. The minimum atomic E-state index is -0.497. The van der Waals surface area contributed by atoms with Crippen molar-refractivity contribution in [2.75, 3.05) is 18.0 Å². The van der Waals surface area contributed by atoms with Gasteiger partial charge in [-0.1, -0.05) is 6.92 Å². The van der Waals surface area contributed by atoms with Crippen LogP contribution in [0.1, 0.15) is 12.5 Å². The second kappa shape index (κ2) is 4.63. The Kier molecular flexibility index (Phi) is 3.17. The first-order chi connectivity index (χ1) is 8.52. The summed E-state index contributed by atoms with van der Waals surface area (Å²) in [6.07, 6.45) is 0.